The molecule has 0 aromatic carbocycles. The summed E-state index contributed by atoms with van der Waals surface area (Å²) in [5.41, 5.74) is 0.951. The molecule has 0 amide bonds. The second kappa shape index (κ2) is 5.05. The molecule has 6 nitrogen and oxygen atoms in total. The summed E-state index contributed by atoms with van der Waals surface area (Å²) in [6.07, 6.45) is 3.54. The average Bonchev–Trinajstić information content (AvgIpc) is 2.95. The van der Waals surface area contributed by atoms with Crippen molar-refractivity contribution < 1.29 is 4.74 Å². The zero-order chi connectivity index (χ0) is 12.3. The van der Waals surface area contributed by atoms with Crippen molar-refractivity contribution in [3.63, 3.8) is 0 Å². The number of rotatable bonds is 5. The first kappa shape index (κ1) is 11.7. The minimum atomic E-state index is 0.675. The van der Waals surface area contributed by atoms with Gasteiger partial charge in [0, 0.05) is 20.3 Å². The van der Waals surface area contributed by atoms with Crippen LogP contribution >= 0.6 is 11.3 Å². The minimum Gasteiger partial charge on any atom is -0.480 e. The lowest BCUT2D eigenvalue weighted by Gasteiger charge is -2.04. The van der Waals surface area contributed by atoms with Crippen LogP contribution in [0, 0.1) is 0 Å². The van der Waals surface area contributed by atoms with Crippen LogP contribution in [0.1, 0.15) is 4.88 Å². The van der Waals surface area contributed by atoms with Crippen molar-refractivity contribution in [2.75, 3.05) is 31.4 Å². The fourth-order valence-corrected chi connectivity index (χ4v) is 2.21. The van der Waals surface area contributed by atoms with Crippen LogP contribution in [-0.2, 0) is 6.54 Å². The van der Waals surface area contributed by atoms with E-state index in [1.165, 1.54) is 0 Å². The van der Waals surface area contributed by atoms with Crippen LogP contribution in [0.4, 0.5) is 10.8 Å². The van der Waals surface area contributed by atoms with Crippen molar-refractivity contribution in [3.8, 4) is 5.88 Å². The van der Waals surface area contributed by atoms with Gasteiger partial charge in [-0.25, -0.2) is 0 Å². The third kappa shape index (κ3) is 2.68. The van der Waals surface area contributed by atoms with Crippen molar-refractivity contribution in [3.05, 3.63) is 17.3 Å². The highest BCUT2D eigenvalue weighted by atomic mass is 32.1. The number of aromatic nitrogens is 3. The summed E-state index contributed by atoms with van der Waals surface area (Å²) in [5.74, 6) is 0.676. The van der Waals surface area contributed by atoms with Crippen LogP contribution in [0.5, 0.6) is 5.88 Å². The maximum absolute atomic E-state index is 5.26. The van der Waals surface area contributed by atoms with Gasteiger partial charge in [0.05, 0.1) is 30.4 Å². The molecule has 17 heavy (non-hydrogen) atoms. The second-order valence-corrected chi connectivity index (χ2v) is 4.73. The highest BCUT2D eigenvalue weighted by Crippen LogP contribution is 2.30. The van der Waals surface area contributed by atoms with Gasteiger partial charge in [0.2, 0.25) is 5.88 Å². The molecule has 0 fully saturated rings. The number of H-pyrrole nitrogens is 1. The van der Waals surface area contributed by atoms with Crippen LogP contribution in [0.15, 0.2) is 12.4 Å². The van der Waals surface area contributed by atoms with Crippen molar-refractivity contribution in [2.24, 2.45) is 0 Å². The number of aromatic amines is 1. The normalized spacial score (nSPS) is 10.3. The number of hydrogen-bond donors (Lipinski definition) is 2. The fourth-order valence-electron chi connectivity index (χ4n) is 1.32. The minimum absolute atomic E-state index is 0.675. The Labute approximate surface area is 104 Å². The Kier molecular flexibility index (Phi) is 3.48. The summed E-state index contributed by atoms with van der Waals surface area (Å²) >= 11 is 1.61. The van der Waals surface area contributed by atoms with Gasteiger partial charge < -0.3 is 15.0 Å². The van der Waals surface area contributed by atoms with Crippen LogP contribution < -0.4 is 15.0 Å². The van der Waals surface area contributed by atoms with E-state index in [4.69, 9.17) is 4.74 Å². The molecule has 2 aromatic heterocycles. The summed E-state index contributed by atoms with van der Waals surface area (Å²) in [4.78, 5) is 7.42. The summed E-state index contributed by atoms with van der Waals surface area (Å²) < 4.78 is 5.26. The quantitative estimate of drug-likeness (QED) is 0.846. The van der Waals surface area contributed by atoms with Crippen LogP contribution in [0.3, 0.4) is 0 Å². The molecule has 2 rings (SSSR count). The zero-order valence-electron chi connectivity index (χ0n) is 10.0. The topological polar surface area (TPSA) is 66.1 Å². The van der Waals surface area contributed by atoms with E-state index < -0.39 is 0 Å². The molecule has 0 radical (unpaired) electrons. The van der Waals surface area contributed by atoms with E-state index in [0.717, 1.165) is 15.7 Å². The Morgan fingerprint density at radius 3 is 2.94 bits per heavy atom. The molecule has 0 aliphatic carbocycles. The molecule has 0 saturated heterocycles. The highest BCUT2D eigenvalue weighted by Gasteiger charge is 2.12. The molecule has 0 atom stereocenters. The number of nitrogens with one attached hydrogen (secondary N) is 2. The predicted molar refractivity (Wildman–Crippen MR) is 68.9 cm³/mol. The number of ether oxygens (including phenoxy) is 1. The first-order valence-electron chi connectivity index (χ1n) is 5.14. The van der Waals surface area contributed by atoms with Gasteiger partial charge in [-0.1, -0.05) is 11.3 Å². The Bertz CT molecular complexity index is 465. The van der Waals surface area contributed by atoms with E-state index in [2.05, 4.69) is 20.5 Å². The van der Waals surface area contributed by atoms with E-state index in [-0.39, 0.29) is 0 Å². The van der Waals surface area contributed by atoms with Gasteiger partial charge in [0.15, 0.2) is 5.13 Å². The van der Waals surface area contributed by atoms with Crippen molar-refractivity contribution >= 4 is 22.2 Å². The molecule has 92 valence electrons. The zero-order valence-corrected chi connectivity index (χ0v) is 10.8. The highest BCUT2D eigenvalue weighted by molar-refractivity contribution is 7.15. The molecule has 0 saturated carbocycles. The third-order valence-electron chi connectivity index (χ3n) is 2.18. The van der Waals surface area contributed by atoms with E-state index in [9.17, 15) is 0 Å². The summed E-state index contributed by atoms with van der Waals surface area (Å²) in [5, 5.41) is 10.8. The maximum atomic E-state index is 5.26. The molecule has 2 N–H and O–H groups in total. The SMILES string of the molecule is COc1nc(N(C)C)sc1CNc1cn[nH]c1. The van der Waals surface area contributed by atoms with Gasteiger partial charge in [0.1, 0.15) is 0 Å². The molecule has 0 aliphatic heterocycles. The van der Waals surface area contributed by atoms with E-state index in [1.54, 1.807) is 30.8 Å². The Morgan fingerprint density at radius 2 is 2.35 bits per heavy atom. The van der Waals surface area contributed by atoms with Gasteiger partial charge in [0.25, 0.3) is 0 Å². The molecule has 2 heterocycles. The van der Waals surface area contributed by atoms with Crippen molar-refractivity contribution in [2.45, 2.75) is 6.54 Å². The number of anilines is 2. The van der Waals surface area contributed by atoms with Gasteiger partial charge >= 0.3 is 0 Å². The molecule has 0 bridgehead atoms. The molecular formula is C10H15N5OS. The first-order valence-corrected chi connectivity index (χ1v) is 5.96. The standard InChI is InChI=1S/C10H15N5OS/c1-15(2)10-14-9(16-3)8(17-10)6-11-7-4-12-13-5-7/h4-5,11H,6H2,1-3H3,(H,12,13). The lowest BCUT2D eigenvalue weighted by molar-refractivity contribution is 0.397. The van der Waals surface area contributed by atoms with Gasteiger partial charge in [-0.15, -0.1) is 0 Å². The average molecular weight is 253 g/mol. The Balaban J connectivity index is 2.09. The third-order valence-corrected chi connectivity index (χ3v) is 3.38. The lowest BCUT2D eigenvalue weighted by Crippen LogP contribution is -2.07. The summed E-state index contributed by atoms with van der Waals surface area (Å²) in [6, 6.07) is 0. The van der Waals surface area contributed by atoms with E-state index >= 15 is 0 Å². The van der Waals surface area contributed by atoms with E-state index in [1.807, 2.05) is 19.0 Å². The van der Waals surface area contributed by atoms with Crippen molar-refractivity contribution in [1.82, 2.24) is 15.2 Å². The van der Waals surface area contributed by atoms with Gasteiger partial charge in [-0.2, -0.15) is 10.1 Å². The molecular weight excluding hydrogens is 238 g/mol. The number of thiazole rings is 1. The number of hydrogen-bond acceptors (Lipinski definition) is 6. The monoisotopic (exact) mass is 253 g/mol. The number of methoxy groups -OCH3 is 1. The first-order chi connectivity index (χ1) is 8.20. The lowest BCUT2D eigenvalue weighted by atomic mass is 10.4. The molecule has 2 aromatic rings. The Morgan fingerprint density at radius 1 is 1.53 bits per heavy atom. The molecule has 7 heteroatoms. The largest absolute Gasteiger partial charge is 0.480 e. The number of nitrogens with zero attached hydrogens (tertiary/aromatic N) is 3. The van der Waals surface area contributed by atoms with Gasteiger partial charge in [-0.05, 0) is 0 Å². The van der Waals surface area contributed by atoms with Crippen LogP contribution in [0.2, 0.25) is 0 Å². The smallest absolute Gasteiger partial charge is 0.231 e. The van der Waals surface area contributed by atoms with E-state index in [0.29, 0.717) is 12.4 Å². The van der Waals surface area contributed by atoms with Gasteiger partial charge in [-0.3, -0.25) is 5.10 Å². The van der Waals surface area contributed by atoms with Crippen molar-refractivity contribution in [1.29, 1.82) is 0 Å². The predicted octanol–water partition coefficient (Wildman–Crippen LogP) is 1.55. The maximum Gasteiger partial charge on any atom is 0.231 e. The molecule has 0 aliphatic rings. The Hall–Kier alpha value is -1.76. The summed E-state index contributed by atoms with van der Waals surface area (Å²) in [6.45, 7) is 0.675. The van der Waals surface area contributed by atoms with Crippen LogP contribution in [-0.4, -0.2) is 36.4 Å². The van der Waals surface area contributed by atoms with Crippen LogP contribution in [0.25, 0.3) is 0 Å². The second-order valence-electron chi connectivity index (χ2n) is 3.66. The fraction of sp³-hybridized carbons (Fsp3) is 0.400. The summed E-state index contributed by atoms with van der Waals surface area (Å²) in [7, 11) is 5.56. The molecule has 0 spiro atoms. The molecule has 0 unspecified atom stereocenters.